The molecule has 3 rings (SSSR count). The summed E-state index contributed by atoms with van der Waals surface area (Å²) in [5, 5.41) is 3.10. The van der Waals surface area contributed by atoms with E-state index < -0.39 is 0 Å². The molecule has 0 bridgehead atoms. The number of likely N-dealkylation sites (tertiary alicyclic amines) is 1. The van der Waals surface area contributed by atoms with Crippen LogP contribution >= 0.6 is 0 Å². The van der Waals surface area contributed by atoms with Crippen LogP contribution < -0.4 is 10.1 Å². The van der Waals surface area contributed by atoms with Crippen LogP contribution in [0.15, 0.2) is 47.1 Å². The fourth-order valence-electron chi connectivity index (χ4n) is 3.47. The molecule has 1 amide bonds. The van der Waals surface area contributed by atoms with E-state index in [2.05, 4.69) is 10.2 Å². The van der Waals surface area contributed by atoms with E-state index in [0.29, 0.717) is 13.0 Å². The number of aryl methyl sites for hydroxylation is 1. The first-order valence-electron chi connectivity index (χ1n) is 9.43. The number of carbonyl (C=O) groups excluding carboxylic acids is 1. The second-order valence-electron chi connectivity index (χ2n) is 6.78. The van der Waals surface area contributed by atoms with E-state index in [1.165, 1.54) is 19.3 Å². The number of piperidine rings is 1. The van der Waals surface area contributed by atoms with Gasteiger partial charge in [0.15, 0.2) is 0 Å². The van der Waals surface area contributed by atoms with Crippen molar-refractivity contribution in [3.05, 3.63) is 54.0 Å². The van der Waals surface area contributed by atoms with Crippen molar-refractivity contribution in [3.8, 4) is 5.75 Å². The summed E-state index contributed by atoms with van der Waals surface area (Å²) < 4.78 is 10.8. The van der Waals surface area contributed by atoms with Gasteiger partial charge >= 0.3 is 0 Å². The number of nitrogens with one attached hydrogen (secondary N) is 1. The number of hydrogen-bond acceptors (Lipinski definition) is 4. The third kappa shape index (κ3) is 5.11. The molecule has 5 heteroatoms. The number of amides is 1. The van der Waals surface area contributed by atoms with Crippen LogP contribution in [0.5, 0.6) is 5.75 Å². The number of ether oxygens (including phenoxy) is 1. The van der Waals surface area contributed by atoms with Gasteiger partial charge in [0.2, 0.25) is 5.91 Å². The second-order valence-corrected chi connectivity index (χ2v) is 6.78. The number of hydrogen-bond donors (Lipinski definition) is 1. The Kier molecular flexibility index (Phi) is 6.72. The van der Waals surface area contributed by atoms with E-state index in [4.69, 9.17) is 9.15 Å². The molecule has 140 valence electrons. The van der Waals surface area contributed by atoms with Crippen LogP contribution in [0, 0.1) is 0 Å². The number of rotatable bonds is 8. The Hall–Kier alpha value is -2.27. The van der Waals surface area contributed by atoms with Gasteiger partial charge in [-0.2, -0.15) is 0 Å². The molecule has 1 aliphatic heterocycles. The van der Waals surface area contributed by atoms with Gasteiger partial charge < -0.3 is 14.5 Å². The number of methoxy groups -OCH3 is 1. The summed E-state index contributed by atoms with van der Waals surface area (Å²) in [6, 6.07) is 11.9. The van der Waals surface area contributed by atoms with Crippen LogP contribution in [0.4, 0.5) is 0 Å². The van der Waals surface area contributed by atoms with Crippen LogP contribution in [-0.2, 0) is 11.2 Å². The average Bonchev–Trinajstić information content (AvgIpc) is 3.22. The van der Waals surface area contributed by atoms with Crippen molar-refractivity contribution in [2.45, 2.75) is 38.1 Å². The molecule has 1 aromatic heterocycles. The topological polar surface area (TPSA) is 54.7 Å². The summed E-state index contributed by atoms with van der Waals surface area (Å²) in [6.07, 6.45) is 6.63. The molecular formula is C21H28N2O3. The molecule has 1 N–H and O–H groups in total. The van der Waals surface area contributed by atoms with E-state index >= 15 is 0 Å². The Morgan fingerprint density at radius 3 is 2.62 bits per heavy atom. The summed E-state index contributed by atoms with van der Waals surface area (Å²) >= 11 is 0. The van der Waals surface area contributed by atoms with E-state index in [1.807, 2.05) is 36.4 Å². The first-order chi connectivity index (χ1) is 12.8. The lowest BCUT2D eigenvalue weighted by Crippen LogP contribution is -2.40. The summed E-state index contributed by atoms with van der Waals surface area (Å²) in [4.78, 5) is 14.7. The van der Waals surface area contributed by atoms with Gasteiger partial charge in [-0.05, 0) is 62.2 Å². The van der Waals surface area contributed by atoms with Crippen molar-refractivity contribution in [1.29, 1.82) is 0 Å². The minimum atomic E-state index is 0.0781. The zero-order chi connectivity index (χ0) is 18.2. The fourth-order valence-corrected chi connectivity index (χ4v) is 3.47. The normalized spacial score (nSPS) is 16.2. The average molecular weight is 356 g/mol. The largest absolute Gasteiger partial charge is 0.497 e. The Morgan fingerprint density at radius 2 is 1.96 bits per heavy atom. The Balaban J connectivity index is 1.50. The number of furan rings is 1. The maximum Gasteiger partial charge on any atom is 0.220 e. The first kappa shape index (κ1) is 18.5. The highest BCUT2D eigenvalue weighted by atomic mass is 16.5. The van der Waals surface area contributed by atoms with Crippen LogP contribution in [0.1, 0.15) is 43.0 Å². The molecule has 1 aromatic carbocycles. The van der Waals surface area contributed by atoms with Crippen molar-refractivity contribution < 1.29 is 13.9 Å². The van der Waals surface area contributed by atoms with Crippen LogP contribution in [0.25, 0.3) is 0 Å². The zero-order valence-corrected chi connectivity index (χ0v) is 15.4. The lowest BCUT2D eigenvalue weighted by Gasteiger charge is -2.33. The highest BCUT2D eigenvalue weighted by Gasteiger charge is 2.24. The maximum absolute atomic E-state index is 12.3. The molecule has 26 heavy (non-hydrogen) atoms. The van der Waals surface area contributed by atoms with E-state index in [9.17, 15) is 4.79 Å². The van der Waals surface area contributed by atoms with Crippen molar-refractivity contribution in [1.82, 2.24) is 10.2 Å². The highest BCUT2D eigenvalue weighted by Crippen LogP contribution is 2.24. The van der Waals surface area contributed by atoms with Crippen molar-refractivity contribution in [3.63, 3.8) is 0 Å². The van der Waals surface area contributed by atoms with Gasteiger partial charge in [0.25, 0.3) is 0 Å². The fraction of sp³-hybridized carbons (Fsp3) is 0.476. The third-order valence-corrected chi connectivity index (χ3v) is 5.00. The molecule has 1 fully saturated rings. The number of benzene rings is 1. The molecule has 1 saturated heterocycles. The molecule has 0 saturated carbocycles. The summed E-state index contributed by atoms with van der Waals surface area (Å²) in [6.45, 7) is 2.72. The molecule has 2 heterocycles. The van der Waals surface area contributed by atoms with Crippen LogP contribution in [-0.4, -0.2) is 37.6 Å². The number of carbonyl (C=O) groups is 1. The lowest BCUT2D eigenvalue weighted by atomic mass is 10.1. The van der Waals surface area contributed by atoms with Gasteiger partial charge in [-0.1, -0.05) is 18.6 Å². The molecule has 0 spiro atoms. The number of nitrogens with zero attached hydrogens (tertiary/aromatic N) is 1. The maximum atomic E-state index is 12.3. The van der Waals surface area contributed by atoms with Crippen molar-refractivity contribution in [2.24, 2.45) is 0 Å². The Bertz CT molecular complexity index is 661. The monoisotopic (exact) mass is 356 g/mol. The van der Waals surface area contributed by atoms with Gasteiger partial charge in [0.1, 0.15) is 11.5 Å². The highest BCUT2D eigenvalue weighted by molar-refractivity contribution is 5.76. The minimum Gasteiger partial charge on any atom is -0.497 e. The standard InChI is InChI=1S/C21H28N2O3/c1-25-18-10-7-17(8-11-18)9-12-21(24)22-16-19(20-6-5-15-26-20)23-13-3-2-4-14-23/h5-8,10-11,15,19H,2-4,9,12-14,16H2,1H3,(H,22,24). The quantitative estimate of drug-likeness (QED) is 0.786. The molecule has 0 radical (unpaired) electrons. The third-order valence-electron chi connectivity index (χ3n) is 5.00. The van der Waals surface area contributed by atoms with Crippen molar-refractivity contribution in [2.75, 3.05) is 26.7 Å². The predicted molar refractivity (Wildman–Crippen MR) is 101 cm³/mol. The molecule has 1 aliphatic rings. The van der Waals surface area contributed by atoms with Gasteiger partial charge in [0.05, 0.1) is 19.4 Å². The van der Waals surface area contributed by atoms with E-state index in [1.54, 1.807) is 13.4 Å². The van der Waals surface area contributed by atoms with Crippen LogP contribution in [0.3, 0.4) is 0 Å². The van der Waals surface area contributed by atoms with Gasteiger partial charge in [0, 0.05) is 13.0 Å². The van der Waals surface area contributed by atoms with Gasteiger partial charge in [-0.3, -0.25) is 9.69 Å². The summed E-state index contributed by atoms with van der Waals surface area (Å²) in [5.74, 6) is 1.85. The second kappa shape index (κ2) is 9.43. The molecular weight excluding hydrogens is 328 g/mol. The molecule has 0 aliphatic carbocycles. The van der Waals surface area contributed by atoms with Crippen LogP contribution in [0.2, 0.25) is 0 Å². The smallest absolute Gasteiger partial charge is 0.220 e. The minimum absolute atomic E-state index is 0.0781. The predicted octanol–water partition coefficient (Wildman–Crippen LogP) is 3.56. The van der Waals surface area contributed by atoms with E-state index in [0.717, 1.165) is 36.6 Å². The van der Waals surface area contributed by atoms with Gasteiger partial charge in [-0.15, -0.1) is 0 Å². The van der Waals surface area contributed by atoms with E-state index in [-0.39, 0.29) is 11.9 Å². The van der Waals surface area contributed by atoms with Crippen molar-refractivity contribution >= 4 is 5.91 Å². The molecule has 1 unspecified atom stereocenters. The Labute approximate surface area is 155 Å². The SMILES string of the molecule is COc1ccc(CCC(=O)NCC(c2ccco2)N2CCCCC2)cc1. The zero-order valence-electron chi connectivity index (χ0n) is 15.4. The summed E-state index contributed by atoms with van der Waals surface area (Å²) in [7, 11) is 1.65. The lowest BCUT2D eigenvalue weighted by molar-refractivity contribution is -0.121. The Morgan fingerprint density at radius 1 is 1.19 bits per heavy atom. The first-order valence-corrected chi connectivity index (χ1v) is 9.43. The molecule has 1 atom stereocenters. The van der Waals surface area contributed by atoms with Gasteiger partial charge in [-0.25, -0.2) is 0 Å². The molecule has 2 aromatic rings. The summed E-state index contributed by atoms with van der Waals surface area (Å²) in [5.41, 5.74) is 1.14. The molecule has 5 nitrogen and oxygen atoms in total.